The number of aromatic carboxylic acids is 1. The fraction of sp³-hybridized carbons (Fsp3) is 0.0588. The van der Waals surface area contributed by atoms with Gasteiger partial charge in [-0.15, -0.1) is 0 Å². The van der Waals surface area contributed by atoms with Gasteiger partial charge in [0.2, 0.25) is 0 Å². The summed E-state index contributed by atoms with van der Waals surface area (Å²) in [7, 11) is 1.45. The predicted octanol–water partition coefficient (Wildman–Crippen LogP) is 2.54. The molecule has 1 aromatic heterocycles. The maximum Gasteiger partial charge on any atom is 0.335 e. The summed E-state index contributed by atoms with van der Waals surface area (Å²) in [6, 6.07) is 10.6. The van der Waals surface area contributed by atoms with Gasteiger partial charge in [-0.25, -0.2) is 9.48 Å². The Balaban J connectivity index is 2.07. The number of amides is 1. The van der Waals surface area contributed by atoms with Gasteiger partial charge in [0.25, 0.3) is 11.5 Å². The number of fused-ring (bicyclic) bond motifs is 1. The number of carbonyl (C=O) groups excluding carboxylic acids is 1. The minimum atomic E-state index is -1.14. The van der Waals surface area contributed by atoms with Crippen molar-refractivity contribution in [1.29, 1.82) is 0 Å². The highest BCUT2D eigenvalue weighted by Crippen LogP contribution is 2.24. The van der Waals surface area contributed by atoms with Crippen molar-refractivity contribution in [3.8, 4) is 0 Å². The molecule has 25 heavy (non-hydrogen) atoms. The molecule has 0 atom stereocenters. The monoisotopic (exact) mass is 357 g/mol. The van der Waals surface area contributed by atoms with Crippen molar-refractivity contribution >= 4 is 39.9 Å². The molecule has 1 amide bonds. The Kier molecular flexibility index (Phi) is 4.24. The summed E-state index contributed by atoms with van der Waals surface area (Å²) in [5.74, 6) is -1.74. The highest BCUT2D eigenvalue weighted by Gasteiger charge is 2.17. The van der Waals surface area contributed by atoms with E-state index < -0.39 is 11.9 Å². The number of halogens is 1. The van der Waals surface area contributed by atoms with Crippen molar-refractivity contribution in [1.82, 2.24) is 9.78 Å². The highest BCUT2D eigenvalue weighted by molar-refractivity contribution is 6.34. The number of carbonyl (C=O) groups is 2. The van der Waals surface area contributed by atoms with Crippen molar-refractivity contribution in [2.75, 3.05) is 5.32 Å². The average molecular weight is 358 g/mol. The lowest BCUT2D eigenvalue weighted by molar-refractivity contribution is 0.0696. The molecular formula is C17H12ClN3O4. The van der Waals surface area contributed by atoms with E-state index in [2.05, 4.69) is 10.4 Å². The third kappa shape index (κ3) is 3.09. The third-order valence-electron chi connectivity index (χ3n) is 3.63. The van der Waals surface area contributed by atoms with Crippen LogP contribution in [0.5, 0.6) is 0 Å². The van der Waals surface area contributed by atoms with E-state index in [4.69, 9.17) is 16.7 Å². The van der Waals surface area contributed by atoms with Gasteiger partial charge in [0.1, 0.15) is 0 Å². The molecule has 0 aliphatic carbocycles. The number of carboxylic acid groups (broad SMARTS) is 1. The molecule has 0 spiro atoms. The van der Waals surface area contributed by atoms with Crippen LogP contribution in [0.1, 0.15) is 20.8 Å². The van der Waals surface area contributed by atoms with Crippen molar-refractivity contribution in [2.45, 2.75) is 0 Å². The third-order valence-corrected chi connectivity index (χ3v) is 3.96. The summed E-state index contributed by atoms with van der Waals surface area (Å²) in [6.07, 6.45) is 0. The summed E-state index contributed by atoms with van der Waals surface area (Å²) in [6.45, 7) is 0. The first-order chi connectivity index (χ1) is 11.9. The van der Waals surface area contributed by atoms with Gasteiger partial charge in [-0.1, -0.05) is 29.8 Å². The van der Waals surface area contributed by atoms with Crippen LogP contribution in [-0.2, 0) is 7.05 Å². The first-order valence-electron chi connectivity index (χ1n) is 7.18. The summed E-state index contributed by atoms with van der Waals surface area (Å²) >= 11 is 6.02. The van der Waals surface area contributed by atoms with E-state index >= 15 is 0 Å². The second-order valence-corrected chi connectivity index (χ2v) is 5.68. The van der Waals surface area contributed by atoms with E-state index in [9.17, 15) is 14.4 Å². The number of nitrogens with one attached hydrogen (secondary N) is 1. The molecule has 7 nitrogen and oxygen atoms in total. The van der Waals surface area contributed by atoms with Crippen molar-refractivity contribution < 1.29 is 14.7 Å². The molecule has 0 aliphatic rings. The number of hydrogen-bond acceptors (Lipinski definition) is 4. The fourth-order valence-electron chi connectivity index (χ4n) is 2.40. The number of carboxylic acids is 1. The second-order valence-electron chi connectivity index (χ2n) is 5.28. The van der Waals surface area contributed by atoms with Crippen LogP contribution >= 0.6 is 11.6 Å². The Hall–Kier alpha value is -3.19. The maximum absolute atomic E-state index is 12.6. The maximum atomic E-state index is 12.6. The molecule has 2 aromatic carbocycles. The van der Waals surface area contributed by atoms with Crippen LogP contribution in [0.25, 0.3) is 10.8 Å². The number of nitrogens with zero attached hydrogens (tertiary/aromatic N) is 2. The predicted molar refractivity (Wildman–Crippen MR) is 93.3 cm³/mol. The van der Waals surface area contributed by atoms with E-state index in [0.717, 1.165) is 4.68 Å². The summed E-state index contributed by atoms with van der Waals surface area (Å²) in [5, 5.41) is 16.6. The summed E-state index contributed by atoms with van der Waals surface area (Å²) in [5.41, 5.74) is -0.156. The molecule has 0 unspecified atom stereocenters. The van der Waals surface area contributed by atoms with Gasteiger partial charge < -0.3 is 10.4 Å². The molecule has 0 radical (unpaired) electrons. The lowest BCUT2D eigenvalue weighted by Crippen LogP contribution is -2.25. The van der Waals surface area contributed by atoms with Crippen LogP contribution in [0.3, 0.4) is 0 Å². The van der Waals surface area contributed by atoms with Gasteiger partial charge in [0.15, 0.2) is 5.69 Å². The van der Waals surface area contributed by atoms with Gasteiger partial charge >= 0.3 is 5.97 Å². The molecule has 126 valence electrons. The number of aromatic nitrogens is 2. The number of aryl methyl sites for hydroxylation is 1. The molecule has 1 heterocycles. The van der Waals surface area contributed by atoms with E-state index in [0.29, 0.717) is 10.8 Å². The lowest BCUT2D eigenvalue weighted by atomic mass is 10.1. The van der Waals surface area contributed by atoms with Crippen molar-refractivity contribution in [3.63, 3.8) is 0 Å². The minimum Gasteiger partial charge on any atom is -0.478 e. The van der Waals surface area contributed by atoms with Crippen LogP contribution < -0.4 is 10.9 Å². The summed E-state index contributed by atoms with van der Waals surface area (Å²) in [4.78, 5) is 35.8. The molecule has 0 saturated carbocycles. The topological polar surface area (TPSA) is 101 Å². The molecule has 3 aromatic rings. The molecular weight excluding hydrogens is 346 g/mol. The van der Waals surface area contributed by atoms with Crippen molar-refractivity contribution in [2.24, 2.45) is 7.05 Å². The van der Waals surface area contributed by atoms with Crippen LogP contribution in [0.2, 0.25) is 5.02 Å². The van der Waals surface area contributed by atoms with Gasteiger partial charge in [-0.2, -0.15) is 5.10 Å². The standard InChI is InChI=1S/C17H12ClN3O4/c1-21-16(23)11-5-3-2-4-10(11)14(20-21)15(22)19-13-8-9(17(24)25)6-7-12(13)18/h2-8H,1H3,(H,19,22)(H,24,25). The number of hydrogen-bond donors (Lipinski definition) is 2. The molecule has 0 saturated heterocycles. The summed E-state index contributed by atoms with van der Waals surface area (Å²) < 4.78 is 1.08. The Morgan fingerprint density at radius 2 is 1.84 bits per heavy atom. The first-order valence-corrected chi connectivity index (χ1v) is 7.56. The zero-order valence-corrected chi connectivity index (χ0v) is 13.7. The molecule has 2 N–H and O–H groups in total. The van der Waals surface area contributed by atoms with Gasteiger partial charge in [-0.3, -0.25) is 9.59 Å². The molecule has 0 aliphatic heterocycles. The Morgan fingerprint density at radius 1 is 1.16 bits per heavy atom. The molecule has 0 bridgehead atoms. The van der Waals surface area contributed by atoms with Gasteiger partial charge in [0.05, 0.1) is 21.7 Å². The minimum absolute atomic E-state index is 0.0158. The number of rotatable bonds is 3. The largest absolute Gasteiger partial charge is 0.478 e. The normalized spacial score (nSPS) is 10.6. The quantitative estimate of drug-likeness (QED) is 0.750. The van der Waals surface area contributed by atoms with Crippen LogP contribution in [0, 0.1) is 0 Å². The Bertz CT molecular complexity index is 1080. The van der Waals surface area contributed by atoms with E-state index in [1.165, 1.54) is 25.2 Å². The number of anilines is 1. The smallest absolute Gasteiger partial charge is 0.335 e. The van der Waals surface area contributed by atoms with Crippen LogP contribution in [0.4, 0.5) is 5.69 Å². The van der Waals surface area contributed by atoms with Gasteiger partial charge in [-0.05, 0) is 24.3 Å². The first kappa shape index (κ1) is 16.7. The zero-order valence-electron chi connectivity index (χ0n) is 13.0. The number of benzene rings is 2. The lowest BCUT2D eigenvalue weighted by Gasteiger charge is -2.10. The van der Waals surface area contributed by atoms with Crippen molar-refractivity contribution in [3.05, 3.63) is 69.1 Å². The molecule has 3 rings (SSSR count). The average Bonchev–Trinajstić information content (AvgIpc) is 2.59. The van der Waals surface area contributed by atoms with Gasteiger partial charge in [0, 0.05) is 12.4 Å². The highest BCUT2D eigenvalue weighted by atomic mass is 35.5. The SMILES string of the molecule is Cn1nc(C(=O)Nc2cc(C(=O)O)ccc2Cl)c2ccccc2c1=O. The Labute approximate surface area is 146 Å². The Morgan fingerprint density at radius 3 is 2.52 bits per heavy atom. The molecule has 0 fully saturated rings. The second kappa shape index (κ2) is 6.37. The van der Waals surface area contributed by atoms with E-state index in [-0.39, 0.29) is 27.5 Å². The van der Waals surface area contributed by atoms with Crippen LogP contribution in [0.15, 0.2) is 47.3 Å². The zero-order chi connectivity index (χ0) is 18.1. The fourth-order valence-corrected chi connectivity index (χ4v) is 2.57. The van der Waals surface area contributed by atoms with E-state index in [1.54, 1.807) is 24.3 Å². The molecule has 8 heteroatoms. The van der Waals surface area contributed by atoms with Crippen LogP contribution in [-0.4, -0.2) is 26.8 Å². The van der Waals surface area contributed by atoms with E-state index in [1.807, 2.05) is 0 Å².